The molecule has 3 aromatic heterocycles. The molecule has 0 spiro atoms. The zero-order valence-electron chi connectivity index (χ0n) is 17.7. The van der Waals surface area contributed by atoms with Gasteiger partial charge >= 0.3 is 0 Å². The fourth-order valence-corrected chi connectivity index (χ4v) is 5.93. The molecule has 0 aliphatic heterocycles. The zero-order valence-corrected chi connectivity index (χ0v) is 18.5. The number of hydrogen-bond acceptors (Lipinski definition) is 5. The van der Waals surface area contributed by atoms with Gasteiger partial charge in [-0.2, -0.15) is 5.10 Å². The highest BCUT2D eigenvalue weighted by Gasteiger charge is 2.42. The van der Waals surface area contributed by atoms with Gasteiger partial charge in [0.25, 0.3) is 0 Å². The number of aromatic amines is 1. The molecule has 164 valence electrons. The van der Waals surface area contributed by atoms with Gasteiger partial charge in [0.05, 0.1) is 12.8 Å². The molecule has 3 aromatic rings. The van der Waals surface area contributed by atoms with Crippen LogP contribution in [0.15, 0.2) is 6.20 Å². The van der Waals surface area contributed by atoms with Gasteiger partial charge in [0, 0.05) is 11.6 Å². The van der Waals surface area contributed by atoms with E-state index < -0.39 is 0 Å². The van der Waals surface area contributed by atoms with Crippen molar-refractivity contribution in [2.75, 3.05) is 5.32 Å². The van der Waals surface area contributed by atoms with E-state index in [2.05, 4.69) is 42.2 Å². The van der Waals surface area contributed by atoms with Crippen LogP contribution >= 0.6 is 11.6 Å². The van der Waals surface area contributed by atoms with Crippen molar-refractivity contribution in [1.29, 1.82) is 0 Å². The maximum atomic E-state index is 15.8. The molecule has 0 aromatic carbocycles. The van der Waals surface area contributed by atoms with Crippen LogP contribution in [0.1, 0.15) is 56.9 Å². The minimum absolute atomic E-state index is 0.0467. The van der Waals surface area contributed by atoms with E-state index >= 15 is 4.39 Å². The molecule has 7 nitrogen and oxygen atoms in total. The Labute approximate surface area is 190 Å². The topological polar surface area (TPSA) is 83.7 Å². The molecule has 0 amide bonds. The van der Waals surface area contributed by atoms with Gasteiger partial charge in [-0.3, -0.25) is 5.10 Å². The molecule has 2 N–H and O–H groups in total. The summed E-state index contributed by atoms with van der Waals surface area (Å²) < 4.78 is 15.8. The summed E-state index contributed by atoms with van der Waals surface area (Å²) in [6.07, 6.45) is 8.05. The monoisotopic (exact) mass is 451 g/mol. The van der Waals surface area contributed by atoms with Gasteiger partial charge in [-0.25, -0.2) is 24.2 Å². The number of anilines is 1. The first-order valence-electron chi connectivity index (χ1n) is 11.3. The van der Waals surface area contributed by atoms with Crippen LogP contribution in [0.2, 0.25) is 5.15 Å². The van der Waals surface area contributed by atoms with Crippen LogP contribution in [0, 0.1) is 30.1 Å². The highest BCUT2D eigenvalue weighted by atomic mass is 35.5. The van der Waals surface area contributed by atoms with E-state index in [-0.39, 0.29) is 34.4 Å². The number of nitrogens with zero attached hydrogens (tertiary/aromatic N) is 5. The second-order valence-corrected chi connectivity index (χ2v) is 9.83. The predicted molar refractivity (Wildman–Crippen MR) is 120 cm³/mol. The standard InChI is InChI=1S/C23H23ClFN7/c1-10-11-3-7-13(8-4-11)17(10)29-22-16(25)15(12-5-6-12)18(26-2)19(30-22)20-21-23(32-31-20)27-9-14(24)28-21/h9-13,17H,3-8H2,1H3,(H,29,30)(H,27,31,32)/t10-,11?,13?,17+/m0/s1. The quantitative estimate of drug-likeness (QED) is 0.484. The summed E-state index contributed by atoms with van der Waals surface area (Å²) in [4.78, 5) is 16.9. The molecule has 4 fully saturated rings. The van der Waals surface area contributed by atoms with E-state index in [1.165, 1.54) is 31.9 Å². The van der Waals surface area contributed by atoms with E-state index in [1.54, 1.807) is 0 Å². The van der Waals surface area contributed by atoms with E-state index in [9.17, 15) is 0 Å². The Morgan fingerprint density at radius 1 is 1.16 bits per heavy atom. The molecule has 4 saturated carbocycles. The van der Waals surface area contributed by atoms with Gasteiger partial charge in [-0.15, -0.1) is 0 Å². The van der Waals surface area contributed by atoms with Crippen LogP contribution in [0.25, 0.3) is 27.4 Å². The third-order valence-electron chi connectivity index (χ3n) is 7.65. The molecular weight excluding hydrogens is 429 g/mol. The van der Waals surface area contributed by atoms with Crippen LogP contribution < -0.4 is 5.32 Å². The van der Waals surface area contributed by atoms with E-state index in [4.69, 9.17) is 18.2 Å². The van der Waals surface area contributed by atoms with E-state index in [1.807, 2.05) is 0 Å². The third-order valence-corrected chi connectivity index (χ3v) is 7.84. The van der Waals surface area contributed by atoms with E-state index in [0.717, 1.165) is 12.8 Å². The molecule has 3 heterocycles. The molecule has 32 heavy (non-hydrogen) atoms. The summed E-state index contributed by atoms with van der Waals surface area (Å²) in [6, 6.07) is 0.191. The van der Waals surface area contributed by atoms with Crippen molar-refractivity contribution in [1.82, 2.24) is 25.1 Å². The Balaban J connectivity index is 1.51. The van der Waals surface area contributed by atoms with Gasteiger partial charge in [-0.05, 0) is 62.2 Å². The lowest BCUT2D eigenvalue weighted by Gasteiger charge is -2.47. The predicted octanol–water partition coefficient (Wildman–Crippen LogP) is 5.87. The first-order chi connectivity index (χ1) is 15.5. The summed E-state index contributed by atoms with van der Waals surface area (Å²) in [5, 5.41) is 10.8. The number of halogens is 2. The maximum absolute atomic E-state index is 15.8. The molecule has 2 atom stereocenters. The summed E-state index contributed by atoms with van der Waals surface area (Å²) >= 11 is 6.07. The Morgan fingerprint density at radius 2 is 1.91 bits per heavy atom. The number of hydrogen-bond donors (Lipinski definition) is 2. The molecule has 7 rings (SSSR count). The highest BCUT2D eigenvalue weighted by Crippen LogP contribution is 2.51. The van der Waals surface area contributed by atoms with Gasteiger partial charge in [0.1, 0.15) is 22.1 Å². The normalized spacial score (nSPS) is 26.9. The van der Waals surface area contributed by atoms with Crippen molar-refractivity contribution in [3.05, 3.63) is 34.1 Å². The first-order valence-corrected chi connectivity index (χ1v) is 11.7. The van der Waals surface area contributed by atoms with Crippen LogP contribution in [0.4, 0.5) is 15.9 Å². The molecule has 9 heteroatoms. The molecular formula is C23H23ClFN7. The number of H-pyrrole nitrogens is 1. The molecule has 0 radical (unpaired) electrons. The maximum Gasteiger partial charge on any atom is 0.221 e. The van der Waals surface area contributed by atoms with Crippen LogP contribution in [-0.4, -0.2) is 31.2 Å². The lowest BCUT2D eigenvalue weighted by molar-refractivity contribution is 0.0926. The summed E-state index contributed by atoms with van der Waals surface area (Å²) in [5.74, 6) is 1.57. The van der Waals surface area contributed by atoms with Gasteiger partial charge < -0.3 is 5.32 Å². The number of nitrogens with one attached hydrogen (secondary N) is 2. The largest absolute Gasteiger partial charge is 0.364 e. The number of rotatable bonds is 4. The molecule has 2 bridgehead atoms. The third kappa shape index (κ3) is 3.06. The average Bonchev–Trinajstić information content (AvgIpc) is 3.56. The average molecular weight is 452 g/mol. The van der Waals surface area contributed by atoms with Crippen molar-refractivity contribution >= 4 is 34.3 Å². The fourth-order valence-electron chi connectivity index (χ4n) is 5.80. The number of fused-ring (bicyclic) bond motifs is 4. The second-order valence-electron chi connectivity index (χ2n) is 9.44. The molecule has 0 unspecified atom stereocenters. The van der Waals surface area contributed by atoms with Gasteiger partial charge in [0.15, 0.2) is 17.3 Å². The zero-order chi connectivity index (χ0) is 22.0. The Kier molecular flexibility index (Phi) is 4.58. The lowest BCUT2D eigenvalue weighted by atomic mass is 9.62. The summed E-state index contributed by atoms with van der Waals surface area (Å²) in [5.41, 5.74) is 2.30. The Hall–Kier alpha value is -2.79. The number of pyridine rings is 1. The first kappa shape index (κ1) is 19.9. The second kappa shape index (κ2) is 7.38. The fraction of sp³-hybridized carbons (Fsp3) is 0.522. The minimum atomic E-state index is -0.385. The minimum Gasteiger partial charge on any atom is -0.364 e. The van der Waals surface area contributed by atoms with Crippen LogP contribution in [-0.2, 0) is 0 Å². The number of aromatic nitrogens is 5. The lowest BCUT2D eigenvalue weighted by Crippen LogP contribution is -2.47. The van der Waals surface area contributed by atoms with Crippen molar-refractivity contribution < 1.29 is 4.39 Å². The highest BCUT2D eigenvalue weighted by molar-refractivity contribution is 6.29. The van der Waals surface area contributed by atoms with Crippen LogP contribution in [0.5, 0.6) is 0 Å². The smallest absolute Gasteiger partial charge is 0.221 e. The van der Waals surface area contributed by atoms with Gasteiger partial charge in [0.2, 0.25) is 5.69 Å². The summed E-state index contributed by atoms with van der Waals surface area (Å²) in [6.45, 7) is 10.1. The van der Waals surface area contributed by atoms with Crippen molar-refractivity contribution in [3.63, 3.8) is 0 Å². The Bertz CT molecular complexity index is 1250. The summed E-state index contributed by atoms with van der Waals surface area (Å²) in [7, 11) is 0. The van der Waals surface area contributed by atoms with Gasteiger partial charge in [-0.1, -0.05) is 18.5 Å². The molecule has 4 aliphatic carbocycles. The van der Waals surface area contributed by atoms with Crippen molar-refractivity contribution in [2.24, 2.45) is 17.8 Å². The molecule has 4 aliphatic rings. The SMILES string of the molecule is [C-]#[N+]c1c(-c2[nH]nc3ncc(Cl)nc23)nc(N[C@H]2C3CCC(CC3)[C@@H]2C)c(F)c1C1CC1. The van der Waals surface area contributed by atoms with Crippen molar-refractivity contribution in [2.45, 2.75) is 57.4 Å². The van der Waals surface area contributed by atoms with E-state index in [0.29, 0.717) is 45.9 Å². The van der Waals surface area contributed by atoms with Crippen LogP contribution in [0.3, 0.4) is 0 Å². The van der Waals surface area contributed by atoms with Crippen molar-refractivity contribution in [3.8, 4) is 11.4 Å². The Morgan fingerprint density at radius 3 is 2.59 bits per heavy atom. The molecule has 0 saturated heterocycles.